The number of aromatic nitrogens is 2. The summed E-state index contributed by atoms with van der Waals surface area (Å²) < 4.78 is 4.95. The largest absolute Gasteiger partial charge is 0.467 e. The summed E-state index contributed by atoms with van der Waals surface area (Å²) in [5.74, 6) is 0. The molecule has 1 heterocycles. The van der Waals surface area contributed by atoms with E-state index in [1.54, 1.807) is 19.5 Å². The molecule has 0 saturated heterocycles. The Hall–Kier alpha value is -1.90. The molecule has 0 fully saturated rings. The summed E-state index contributed by atoms with van der Waals surface area (Å²) in [6, 6.07) is 8.90. The van der Waals surface area contributed by atoms with Crippen LogP contribution in [0.2, 0.25) is 0 Å². The van der Waals surface area contributed by atoms with Gasteiger partial charge >= 0.3 is 6.01 Å². The maximum atomic E-state index is 4.95. The molecule has 0 aliphatic heterocycles. The Morgan fingerprint density at radius 3 is 1.89 bits per heavy atom. The van der Waals surface area contributed by atoms with Gasteiger partial charge in [0.15, 0.2) is 0 Å². The van der Waals surface area contributed by atoms with Gasteiger partial charge in [-0.1, -0.05) is 45.0 Å². The Bertz CT molecular complexity index is 510. The molecule has 18 heavy (non-hydrogen) atoms. The number of nitrogens with zero attached hydrogens (tertiary/aromatic N) is 2. The van der Waals surface area contributed by atoms with Crippen LogP contribution in [-0.4, -0.2) is 17.1 Å². The van der Waals surface area contributed by atoms with Crippen LogP contribution >= 0.6 is 0 Å². The van der Waals surface area contributed by atoms with Gasteiger partial charge in [0.05, 0.1) is 7.11 Å². The van der Waals surface area contributed by atoms with Crippen LogP contribution in [0.15, 0.2) is 36.7 Å². The first-order valence-corrected chi connectivity index (χ1v) is 5.97. The fourth-order valence-electron chi connectivity index (χ4n) is 1.73. The number of rotatable bonds is 2. The van der Waals surface area contributed by atoms with Crippen molar-refractivity contribution in [1.82, 2.24) is 9.97 Å². The van der Waals surface area contributed by atoms with Gasteiger partial charge in [0.1, 0.15) is 0 Å². The lowest BCUT2D eigenvalue weighted by Crippen LogP contribution is -2.10. The monoisotopic (exact) mass is 242 g/mol. The Kier molecular flexibility index (Phi) is 3.32. The summed E-state index contributed by atoms with van der Waals surface area (Å²) in [5, 5.41) is 0. The molecule has 0 N–H and O–H groups in total. The standard InChI is InChI=1S/C15H18N2O/c1-15(2,3)13-7-5-11(6-8-13)12-9-16-14(18-4)17-10-12/h5-10H,1-4H3. The van der Waals surface area contributed by atoms with Crippen molar-refractivity contribution in [1.29, 1.82) is 0 Å². The van der Waals surface area contributed by atoms with Gasteiger partial charge < -0.3 is 4.74 Å². The summed E-state index contributed by atoms with van der Waals surface area (Å²) in [5.41, 5.74) is 3.61. The van der Waals surface area contributed by atoms with Crippen molar-refractivity contribution in [3.05, 3.63) is 42.2 Å². The zero-order valence-electron chi connectivity index (χ0n) is 11.3. The first-order chi connectivity index (χ1) is 8.50. The van der Waals surface area contributed by atoms with E-state index in [2.05, 4.69) is 55.0 Å². The third kappa shape index (κ3) is 2.67. The molecule has 1 aromatic carbocycles. The smallest absolute Gasteiger partial charge is 0.316 e. The van der Waals surface area contributed by atoms with Gasteiger partial charge in [0.2, 0.25) is 0 Å². The van der Waals surface area contributed by atoms with Crippen LogP contribution < -0.4 is 4.74 Å². The number of methoxy groups -OCH3 is 1. The van der Waals surface area contributed by atoms with Gasteiger partial charge in [-0.05, 0) is 16.5 Å². The first-order valence-electron chi connectivity index (χ1n) is 5.97. The summed E-state index contributed by atoms with van der Waals surface area (Å²) >= 11 is 0. The van der Waals surface area contributed by atoms with Crippen LogP contribution in [0.1, 0.15) is 26.3 Å². The van der Waals surface area contributed by atoms with Gasteiger partial charge in [-0.3, -0.25) is 0 Å². The summed E-state index contributed by atoms with van der Waals surface area (Å²) in [6.07, 6.45) is 3.55. The van der Waals surface area contributed by atoms with E-state index < -0.39 is 0 Å². The van der Waals surface area contributed by atoms with E-state index in [0.29, 0.717) is 6.01 Å². The number of ether oxygens (including phenoxy) is 1. The molecule has 0 spiro atoms. The molecule has 3 nitrogen and oxygen atoms in total. The van der Waals surface area contributed by atoms with Gasteiger partial charge in [0, 0.05) is 18.0 Å². The highest BCUT2D eigenvalue weighted by Gasteiger charge is 2.13. The summed E-state index contributed by atoms with van der Waals surface area (Å²) in [6.45, 7) is 6.62. The SMILES string of the molecule is COc1ncc(-c2ccc(C(C)(C)C)cc2)cn1. The van der Waals surface area contributed by atoms with E-state index in [1.807, 2.05) is 0 Å². The van der Waals surface area contributed by atoms with Crippen molar-refractivity contribution in [2.45, 2.75) is 26.2 Å². The predicted octanol–water partition coefficient (Wildman–Crippen LogP) is 3.45. The number of hydrogen-bond acceptors (Lipinski definition) is 3. The van der Waals surface area contributed by atoms with Crippen molar-refractivity contribution in [2.75, 3.05) is 7.11 Å². The Balaban J connectivity index is 2.28. The molecule has 0 atom stereocenters. The highest BCUT2D eigenvalue weighted by atomic mass is 16.5. The summed E-state index contributed by atoms with van der Waals surface area (Å²) in [4.78, 5) is 8.22. The Labute approximate surface area is 108 Å². The molecule has 2 rings (SSSR count). The molecular formula is C15H18N2O. The maximum Gasteiger partial charge on any atom is 0.316 e. The van der Waals surface area contributed by atoms with Crippen LogP contribution in [0.25, 0.3) is 11.1 Å². The third-order valence-corrected chi connectivity index (χ3v) is 2.89. The van der Waals surface area contributed by atoms with E-state index in [0.717, 1.165) is 11.1 Å². The van der Waals surface area contributed by atoms with E-state index in [4.69, 9.17) is 4.74 Å². The predicted molar refractivity (Wildman–Crippen MR) is 72.7 cm³/mol. The average molecular weight is 242 g/mol. The number of benzene rings is 1. The molecule has 0 bridgehead atoms. The first kappa shape index (κ1) is 12.6. The molecule has 0 saturated carbocycles. The molecular weight excluding hydrogens is 224 g/mol. The van der Waals surface area contributed by atoms with E-state index in [-0.39, 0.29) is 5.41 Å². The molecule has 0 aliphatic carbocycles. The van der Waals surface area contributed by atoms with Gasteiger partial charge in [0.25, 0.3) is 0 Å². The van der Waals surface area contributed by atoms with Gasteiger partial charge in [-0.25, -0.2) is 9.97 Å². The maximum absolute atomic E-state index is 4.95. The van der Waals surface area contributed by atoms with E-state index in [1.165, 1.54) is 5.56 Å². The van der Waals surface area contributed by atoms with Crippen LogP contribution in [0.5, 0.6) is 6.01 Å². The molecule has 0 aliphatic rings. The second-order valence-corrected chi connectivity index (χ2v) is 5.29. The Morgan fingerprint density at radius 2 is 1.44 bits per heavy atom. The minimum atomic E-state index is 0.176. The van der Waals surface area contributed by atoms with E-state index in [9.17, 15) is 0 Å². The van der Waals surface area contributed by atoms with E-state index >= 15 is 0 Å². The van der Waals surface area contributed by atoms with Gasteiger partial charge in [-0.15, -0.1) is 0 Å². The lowest BCUT2D eigenvalue weighted by molar-refractivity contribution is 0.380. The normalized spacial score (nSPS) is 11.3. The van der Waals surface area contributed by atoms with Crippen LogP contribution in [0.4, 0.5) is 0 Å². The Morgan fingerprint density at radius 1 is 0.889 bits per heavy atom. The van der Waals surface area contributed by atoms with Crippen molar-refractivity contribution in [2.24, 2.45) is 0 Å². The molecule has 3 heteroatoms. The van der Waals surface area contributed by atoms with Crippen molar-refractivity contribution < 1.29 is 4.74 Å². The molecule has 0 amide bonds. The van der Waals surface area contributed by atoms with Crippen LogP contribution in [0.3, 0.4) is 0 Å². The number of hydrogen-bond donors (Lipinski definition) is 0. The molecule has 0 radical (unpaired) electrons. The van der Waals surface area contributed by atoms with Crippen LogP contribution in [-0.2, 0) is 5.41 Å². The lowest BCUT2D eigenvalue weighted by Gasteiger charge is -2.19. The summed E-state index contributed by atoms with van der Waals surface area (Å²) in [7, 11) is 1.56. The second-order valence-electron chi connectivity index (χ2n) is 5.29. The third-order valence-electron chi connectivity index (χ3n) is 2.89. The highest BCUT2D eigenvalue weighted by molar-refractivity contribution is 5.62. The fourth-order valence-corrected chi connectivity index (χ4v) is 1.73. The quantitative estimate of drug-likeness (QED) is 0.809. The minimum absolute atomic E-state index is 0.176. The molecule has 2 aromatic rings. The topological polar surface area (TPSA) is 35.0 Å². The average Bonchev–Trinajstić information content (AvgIpc) is 2.38. The van der Waals surface area contributed by atoms with Crippen molar-refractivity contribution in [3.63, 3.8) is 0 Å². The zero-order valence-corrected chi connectivity index (χ0v) is 11.3. The highest BCUT2D eigenvalue weighted by Crippen LogP contribution is 2.25. The second kappa shape index (κ2) is 4.77. The minimum Gasteiger partial charge on any atom is -0.467 e. The zero-order chi connectivity index (χ0) is 13.2. The molecule has 94 valence electrons. The van der Waals surface area contributed by atoms with Crippen molar-refractivity contribution in [3.8, 4) is 17.1 Å². The van der Waals surface area contributed by atoms with Gasteiger partial charge in [-0.2, -0.15) is 0 Å². The molecule has 0 unspecified atom stereocenters. The van der Waals surface area contributed by atoms with Crippen molar-refractivity contribution >= 4 is 0 Å². The van der Waals surface area contributed by atoms with Crippen LogP contribution in [0, 0.1) is 0 Å². The molecule has 1 aromatic heterocycles. The lowest BCUT2D eigenvalue weighted by atomic mass is 9.86. The fraction of sp³-hybridized carbons (Fsp3) is 0.333.